The second-order valence-electron chi connectivity index (χ2n) is 4.82. The van der Waals surface area contributed by atoms with E-state index in [1.54, 1.807) is 7.11 Å². The maximum Gasteiger partial charge on any atom is 0.125 e. The quantitative estimate of drug-likeness (QED) is 0.799. The molecule has 2 rings (SSSR count). The Morgan fingerprint density at radius 3 is 2.33 bits per heavy atom. The molecule has 0 heterocycles. The highest BCUT2D eigenvalue weighted by Crippen LogP contribution is 2.32. The van der Waals surface area contributed by atoms with Crippen LogP contribution in [0.2, 0.25) is 10.0 Å². The van der Waals surface area contributed by atoms with Gasteiger partial charge in [-0.2, -0.15) is 0 Å². The van der Waals surface area contributed by atoms with Gasteiger partial charge in [-0.25, -0.2) is 0 Å². The van der Waals surface area contributed by atoms with Crippen LogP contribution in [0.3, 0.4) is 0 Å². The highest BCUT2D eigenvalue weighted by atomic mass is 35.5. The zero-order valence-corrected chi connectivity index (χ0v) is 13.7. The Bertz CT molecular complexity index is 584. The van der Waals surface area contributed by atoms with Gasteiger partial charge in [-0.1, -0.05) is 48.3 Å². The van der Waals surface area contributed by atoms with Gasteiger partial charge in [-0.05, 0) is 42.8 Å². The minimum Gasteiger partial charge on any atom is -0.496 e. The molecule has 0 aliphatic heterocycles. The molecule has 2 aromatic rings. The van der Waals surface area contributed by atoms with Gasteiger partial charge in [0.2, 0.25) is 0 Å². The summed E-state index contributed by atoms with van der Waals surface area (Å²) in [5.41, 5.74) is 2.21. The third-order valence-corrected chi connectivity index (χ3v) is 3.80. The molecule has 0 bridgehead atoms. The predicted molar refractivity (Wildman–Crippen MR) is 89.6 cm³/mol. The lowest BCUT2D eigenvalue weighted by atomic mass is 9.97. The molecule has 2 nitrogen and oxygen atoms in total. The molecule has 1 atom stereocenters. The highest BCUT2D eigenvalue weighted by molar-refractivity contribution is 6.31. The first-order valence-electron chi connectivity index (χ1n) is 6.98. The van der Waals surface area contributed by atoms with E-state index in [2.05, 4.69) is 12.2 Å². The van der Waals surface area contributed by atoms with Gasteiger partial charge < -0.3 is 10.1 Å². The van der Waals surface area contributed by atoms with Crippen LogP contribution in [-0.4, -0.2) is 13.7 Å². The molecule has 2 aromatic carbocycles. The summed E-state index contributed by atoms with van der Waals surface area (Å²) >= 11 is 12.0. The number of rotatable bonds is 6. The van der Waals surface area contributed by atoms with Crippen molar-refractivity contribution < 1.29 is 4.74 Å². The van der Waals surface area contributed by atoms with Crippen molar-refractivity contribution in [3.63, 3.8) is 0 Å². The Hall–Kier alpha value is -1.22. The Morgan fingerprint density at radius 1 is 1.05 bits per heavy atom. The van der Waals surface area contributed by atoms with E-state index in [1.807, 2.05) is 42.5 Å². The van der Waals surface area contributed by atoms with Crippen molar-refractivity contribution in [1.82, 2.24) is 5.32 Å². The molecular formula is C17H19Cl2NO. The first-order valence-corrected chi connectivity index (χ1v) is 7.73. The first kappa shape index (κ1) is 16.2. The second-order valence-corrected chi connectivity index (χ2v) is 5.70. The van der Waals surface area contributed by atoms with Crippen molar-refractivity contribution in [1.29, 1.82) is 0 Å². The van der Waals surface area contributed by atoms with Crippen LogP contribution < -0.4 is 10.1 Å². The van der Waals surface area contributed by atoms with Gasteiger partial charge in [0.15, 0.2) is 0 Å². The van der Waals surface area contributed by atoms with Crippen LogP contribution in [0.15, 0.2) is 42.5 Å². The van der Waals surface area contributed by atoms with Gasteiger partial charge in [0.25, 0.3) is 0 Å². The van der Waals surface area contributed by atoms with Crippen molar-refractivity contribution in [2.24, 2.45) is 0 Å². The molecule has 0 amide bonds. The topological polar surface area (TPSA) is 21.3 Å². The summed E-state index contributed by atoms with van der Waals surface area (Å²) in [5, 5.41) is 4.95. The molecule has 21 heavy (non-hydrogen) atoms. The summed E-state index contributed by atoms with van der Waals surface area (Å²) in [6, 6.07) is 13.6. The Kier molecular flexibility index (Phi) is 5.92. The average Bonchev–Trinajstić information content (AvgIpc) is 2.50. The number of ether oxygens (including phenoxy) is 1. The van der Waals surface area contributed by atoms with Gasteiger partial charge in [-0.3, -0.25) is 0 Å². The summed E-state index contributed by atoms with van der Waals surface area (Å²) < 4.78 is 5.48. The van der Waals surface area contributed by atoms with Crippen molar-refractivity contribution in [3.05, 3.63) is 63.6 Å². The Labute approximate surface area is 136 Å². The maximum absolute atomic E-state index is 6.05. The van der Waals surface area contributed by atoms with E-state index in [4.69, 9.17) is 27.9 Å². The smallest absolute Gasteiger partial charge is 0.125 e. The van der Waals surface area contributed by atoms with E-state index in [9.17, 15) is 0 Å². The van der Waals surface area contributed by atoms with Crippen molar-refractivity contribution in [3.8, 4) is 5.75 Å². The molecule has 0 aromatic heterocycles. The predicted octanol–water partition coefficient (Wildman–Crippen LogP) is 5.09. The number of benzene rings is 2. The fraction of sp³-hybridized carbons (Fsp3) is 0.294. The zero-order valence-electron chi connectivity index (χ0n) is 12.2. The summed E-state index contributed by atoms with van der Waals surface area (Å²) in [6.45, 7) is 3.06. The van der Waals surface area contributed by atoms with Crippen LogP contribution in [0.5, 0.6) is 5.75 Å². The van der Waals surface area contributed by atoms with Crippen LogP contribution in [0.4, 0.5) is 0 Å². The van der Waals surface area contributed by atoms with Crippen LogP contribution in [0, 0.1) is 0 Å². The molecule has 4 heteroatoms. The normalized spacial score (nSPS) is 12.2. The molecule has 0 saturated heterocycles. The molecule has 1 N–H and O–H groups in total. The summed E-state index contributed by atoms with van der Waals surface area (Å²) in [6.07, 6.45) is 1.06. The molecular weight excluding hydrogens is 305 g/mol. The number of hydrogen-bond acceptors (Lipinski definition) is 2. The lowest BCUT2D eigenvalue weighted by Gasteiger charge is -2.22. The van der Waals surface area contributed by atoms with Gasteiger partial charge in [0, 0.05) is 15.6 Å². The monoisotopic (exact) mass is 323 g/mol. The number of methoxy groups -OCH3 is 1. The van der Waals surface area contributed by atoms with E-state index in [0.717, 1.165) is 34.9 Å². The highest BCUT2D eigenvalue weighted by Gasteiger charge is 2.17. The SMILES string of the molecule is CCCNC(c1ccc(Cl)cc1)c1ccc(Cl)cc1OC. The largest absolute Gasteiger partial charge is 0.496 e. The third kappa shape index (κ3) is 4.13. The fourth-order valence-corrected chi connectivity index (χ4v) is 2.56. The Balaban J connectivity index is 2.42. The molecule has 0 fully saturated rings. The molecule has 0 aliphatic rings. The van der Waals surface area contributed by atoms with Crippen molar-refractivity contribution >= 4 is 23.2 Å². The molecule has 0 aliphatic carbocycles. The summed E-state index contributed by atoms with van der Waals surface area (Å²) in [7, 11) is 1.66. The minimum atomic E-state index is 0.0504. The van der Waals surface area contributed by atoms with E-state index < -0.39 is 0 Å². The van der Waals surface area contributed by atoms with E-state index in [1.165, 1.54) is 0 Å². The van der Waals surface area contributed by atoms with E-state index >= 15 is 0 Å². The van der Waals surface area contributed by atoms with E-state index in [0.29, 0.717) is 5.02 Å². The standard InChI is InChI=1S/C17H19Cl2NO/c1-3-10-20-17(12-4-6-13(18)7-5-12)15-9-8-14(19)11-16(15)21-2/h4-9,11,17,20H,3,10H2,1-2H3. The number of hydrogen-bond donors (Lipinski definition) is 1. The van der Waals surface area contributed by atoms with E-state index in [-0.39, 0.29) is 6.04 Å². The van der Waals surface area contributed by atoms with Gasteiger partial charge in [0.05, 0.1) is 13.2 Å². The zero-order chi connectivity index (χ0) is 15.2. The number of nitrogens with one attached hydrogen (secondary N) is 1. The Morgan fingerprint density at radius 2 is 1.71 bits per heavy atom. The molecule has 0 spiro atoms. The first-order chi connectivity index (χ1) is 10.2. The van der Waals surface area contributed by atoms with Crippen LogP contribution in [-0.2, 0) is 0 Å². The summed E-state index contributed by atoms with van der Waals surface area (Å²) in [4.78, 5) is 0. The number of halogens is 2. The molecule has 1 unspecified atom stereocenters. The molecule has 112 valence electrons. The maximum atomic E-state index is 6.05. The van der Waals surface area contributed by atoms with Crippen molar-refractivity contribution in [2.45, 2.75) is 19.4 Å². The summed E-state index contributed by atoms with van der Waals surface area (Å²) in [5.74, 6) is 0.783. The molecule has 0 radical (unpaired) electrons. The van der Waals surface area contributed by atoms with Crippen LogP contribution >= 0.6 is 23.2 Å². The van der Waals surface area contributed by atoms with Crippen LogP contribution in [0.1, 0.15) is 30.5 Å². The van der Waals surface area contributed by atoms with Crippen LogP contribution in [0.25, 0.3) is 0 Å². The van der Waals surface area contributed by atoms with Gasteiger partial charge >= 0.3 is 0 Å². The second kappa shape index (κ2) is 7.69. The lowest BCUT2D eigenvalue weighted by molar-refractivity contribution is 0.404. The average molecular weight is 324 g/mol. The fourth-order valence-electron chi connectivity index (χ4n) is 2.27. The van der Waals surface area contributed by atoms with Crippen molar-refractivity contribution in [2.75, 3.05) is 13.7 Å². The lowest BCUT2D eigenvalue weighted by Crippen LogP contribution is -2.23. The molecule has 0 saturated carbocycles. The minimum absolute atomic E-state index is 0.0504. The third-order valence-electron chi connectivity index (χ3n) is 3.31. The van der Waals surface area contributed by atoms with Gasteiger partial charge in [0.1, 0.15) is 5.75 Å². The van der Waals surface area contributed by atoms with Gasteiger partial charge in [-0.15, -0.1) is 0 Å².